The van der Waals surface area contributed by atoms with Gasteiger partial charge in [-0.05, 0) is 24.6 Å². The molecule has 0 saturated heterocycles. The fourth-order valence-corrected chi connectivity index (χ4v) is 1.91. The summed E-state index contributed by atoms with van der Waals surface area (Å²) < 4.78 is 19.0. The van der Waals surface area contributed by atoms with E-state index < -0.39 is 11.9 Å². The molecule has 0 aliphatic heterocycles. The Labute approximate surface area is 128 Å². The third kappa shape index (κ3) is 3.88. The standard InChI is InChI=1S/C16H18FN3O2/c1-2-22-16(21)20-13-9-8-12(14(17)15(13)18)19-10-11-6-4-3-5-7-11/h3-9,19H,2,10,18H2,1H3,(H,20,21). The van der Waals surface area contributed by atoms with Gasteiger partial charge in [-0.25, -0.2) is 9.18 Å². The predicted octanol–water partition coefficient (Wildman–Crippen LogP) is 3.59. The summed E-state index contributed by atoms with van der Waals surface area (Å²) in [5.41, 5.74) is 7.06. The molecule has 0 aromatic heterocycles. The van der Waals surface area contributed by atoms with E-state index in [0.29, 0.717) is 6.54 Å². The maximum absolute atomic E-state index is 14.2. The number of nitrogen functional groups attached to an aromatic ring is 1. The van der Waals surface area contributed by atoms with E-state index in [4.69, 9.17) is 10.5 Å². The number of hydrogen-bond acceptors (Lipinski definition) is 4. The molecule has 1 amide bonds. The number of ether oxygens (including phenoxy) is 1. The second-order valence-electron chi connectivity index (χ2n) is 4.57. The largest absolute Gasteiger partial charge is 0.450 e. The number of halogens is 1. The Morgan fingerprint density at radius 3 is 2.55 bits per heavy atom. The fraction of sp³-hybridized carbons (Fsp3) is 0.188. The number of benzene rings is 2. The number of amides is 1. The minimum Gasteiger partial charge on any atom is -0.450 e. The van der Waals surface area contributed by atoms with Crippen LogP contribution in [0.25, 0.3) is 0 Å². The van der Waals surface area contributed by atoms with E-state index in [-0.39, 0.29) is 23.7 Å². The monoisotopic (exact) mass is 303 g/mol. The molecule has 2 rings (SSSR count). The molecule has 0 saturated carbocycles. The summed E-state index contributed by atoms with van der Waals surface area (Å²) in [7, 11) is 0. The SMILES string of the molecule is CCOC(=O)Nc1ccc(NCc2ccccc2)c(F)c1N. The average Bonchev–Trinajstić information content (AvgIpc) is 2.52. The lowest BCUT2D eigenvalue weighted by molar-refractivity contribution is 0.168. The molecule has 0 aliphatic rings. The molecule has 2 aromatic rings. The maximum atomic E-state index is 14.2. The van der Waals surface area contributed by atoms with Crippen molar-refractivity contribution in [1.82, 2.24) is 0 Å². The lowest BCUT2D eigenvalue weighted by Crippen LogP contribution is -2.15. The number of rotatable bonds is 5. The zero-order chi connectivity index (χ0) is 15.9. The molecule has 0 aliphatic carbocycles. The minimum absolute atomic E-state index is 0.133. The summed E-state index contributed by atoms with van der Waals surface area (Å²) in [6.07, 6.45) is -0.668. The van der Waals surface area contributed by atoms with Gasteiger partial charge in [0.05, 0.1) is 23.7 Å². The molecule has 0 radical (unpaired) electrons. The molecule has 5 nitrogen and oxygen atoms in total. The van der Waals surface area contributed by atoms with Crippen LogP contribution in [0.3, 0.4) is 0 Å². The van der Waals surface area contributed by atoms with Crippen LogP contribution in [0, 0.1) is 5.82 Å². The number of carbonyl (C=O) groups is 1. The van der Waals surface area contributed by atoms with Gasteiger partial charge < -0.3 is 15.8 Å². The van der Waals surface area contributed by atoms with Crippen molar-refractivity contribution in [3.8, 4) is 0 Å². The maximum Gasteiger partial charge on any atom is 0.411 e. The van der Waals surface area contributed by atoms with Crippen LogP contribution in [0.1, 0.15) is 12.5 Å². The smallest absolute Gasteiger partial charge is 0.411 e. The molecular weight excluding hydrogens is 285 g/mol. The molecule has 22 heavy (non-hydrogen) atoms. The van der Waals surface area contributed by atoms with E-state index in [9.17, 15) is 9.18 Å². The van der Waals surface area contributed by atoms with Gasteiger partial charge in [-0.2, -0.15) is 0 Å². The Morgan fingerprint density at radius 1 is 1.18 bits per heavy atom. The van der Waals surface area contributed by atoms with Crippen molar-refractivity contribution in [3.05, 3.63) is 53.8 Å². The molecular formula is C16H18FN3O2. The predicted molar refractivity (Wildman–Crippen MR) is 85.2 cm³/mol. The second kappa shape index (κ2) is 7.31. The Kier molecular flexibility index (Phi) is 5.19. The van der Waals surface area contributed by atoms with Crippen LogP contribution in [0.15, 0.2) is 42.5 Å². The Balaban J connectivity index is 2.08. The van der Waals surface area contributed by atoms with E-state index in [1.54, 1.807) is 6.92 Å². The van der Waals surface area contributed by atoms with Gasteiger partial charge in [0.1, 0.15) is 0 Å². The summed E-state index contributed by atoms with van der Waals surface area (Å²) in [6.45, 7) is 2.38. The zero-order valence-corrected chi connectivity index (χ0v) is 12.2. The first-order valence-corrected chi connectivity index (χ1v) is 6.91. The first kappa shape index (κ1) is 15.6. The fourth-order valence-electron chi connectivity index (χ4n) is 1.91. The van der Waals surface area contributed by atoms with Gasteiger partial charge in [-0.15, -0.1) is 0 Å². The van der Waals surface area contributed by atoms with E-state index in [1.165, 1.54) is 12.1 Å². The number of carbonyl (C=O) groups excluding carboxylic acids is 1. The molecule has 0 bridgehead atoms. The summed E-state index contributed by atoms with van der Waals surface area (Å²) in [5, 5.41) is 5.38. The van der Waals surface area contributed by atoms with Gasteiger partial charge in [-0.3, -0.25) is 5.32 Å². The van der Waals surface area contributed by atoms with Crippen LogP contribution in [0.2, 0.25) is 0 Å². The third-order valence-corrected chi connectivity index (χ3v) is 3.02. The molecule has 0 atom stereocenters. The van der Waals surface area contributed by atoms with Gasteiger partial charge in [0, 0.05) is 6.54 Å². The number of nitrogens with one attached hydrogen (secondary N) is 2. The molecule has 0 fully saturated rings. The summed E-state index contributed by atoms with van der Waals surface area (Å²) in [4.78, 5) is 11.3. The molecule has 2 aromatic carbocycles. The highest BCUT2D eigenvalue weighted by atomic mass is 19.1. The van der Waals surface area contributed by atoms with Crippen LogP contribution in [0.5, 0.6) is 0 Å². The normalized spacial score (nSPS) is 10.1. The molecule has 0 heterocycles. The first-order valence-electron chi connectivity index (χ1n) is 6.91. The van der Waals surface area contributed by atoms with E-state index in [1.807, 2.05) is 30.3 Å². The van der Waals surface area contributed by atoms with Gasteiger partial charge in [-0.1, -0.05) is 30.3 Å². The van der Waals surface area contributed by atoms with Gasteiger partial charge in [0.25, 0.3) is 0 Å². The van der Waals surface area contributed by atoms with Crippen LogP contribution >= 0.6 is 0 Å². The summed E-state index contributed by atoms with van der Waals surface area (Å²) >= 11 is 0. The lowest BCUT2D eigenvalue weighted by Gasteiger charge is -2.13. The van der Waals surface area contributed by atoms with Gasteiger partial charge in [0.2, 0.25) is 0 Å². The second-order valence-corrected chi connectivity index (χ2v) is 4.57. The molecule has 6 heteroatoms. The first-order chi connectivity index (χ1) is 10.6. The van der Waals surface area contributed by atoms with Crippen LogP contribution in [0.4, 0.5) is 26.2 Å². The summed E-state index contributed by atoms with van der Waals surface area (Å²) in [5.74, 6) is -0.606. The van der Waals surface area contributed by atoms with Crippen molar-refractivity contribution in [2.24, 2.45) is 0 Å². The lowest BCUT2D eigenvalue weighted by atomic mass is 10.2. The van der Waals surface area contributed by atoms with Gasteiger partial charge >= 0.3 is 6.09 Å². The van der Waals surface area contributed by atoms with Crippen LogP contribution < -0.4 is 16.4 Å². The van der Waals surface area contributed by atoms with Crippen LogP contribution in [-0.2, 0) is 11.3 Å². The highest BCUT2D eigenvalue weighted by Crippen LogP contribution is 2.28. The Hall–Kier alpha value is -2.76. The Bertz CT molecular complexity index is 647. The molecule has 4 N–H and O–H groups in total. The molecule has 0 unspecified atom stereocenters. The third-order valence-electron chi connectivity index (χ3n) is 3.02. The van der Waals surface area contributed by atoms with Gasteiger partial charge in [0.15, 0.2) is 5.82 Å². The van der Waals surface area contributed by atoms with Crippen molar-refractivity contribution in [3.63, 3.8) is 0 Å². The molecule has 0 spiro atoms. The number of nitrogens with two attached hydrogens (primary N) is 1. The quantitative estimate of drug-likeness (QED) is 0.738. The number of anilines is 3. The van der Waals surface area contributed by atoms with Crippen LogP contribution in [-0.4, -0.2) is 12.7 Å². The van der Waals surface area contributed by atoms with Crippen molar-refractivity contribution in [2.45, 2.75) is 13.5 Å². The highest BCUT2D eigenvalue weighted by Gasteiger charge is 2.13. The van der Waals surface area contributed by atoms with Crippen molar-refractivity contribution in [2.75, 3.05) is 23.0 Å². The summed E-state index contributed by atoms with van der Waals surface area (Å²) in [6, 6.07) is 12.7. The van der Waals surface area contributed by atoms with Crippen molar-refractivity contribution in [1.29, 1.82) is 0 Å². The molecule has 116 valence electrons. The van der Waals surface area contributed by atoms with E-state index in [2.05, 4.69) is 10.6 Å². The zero-order valence-electron chi connectivity index (χ0n) is 12.2. The average molecular weight is 303 g/mol. The van der Waals surface area contributed by atoms with Crippen molar-refractivity contribution < 1.29 is 13.9 Å². The topological polar surface area (TPSA) is 76.4 Å². The van der Waals surface area contributed by atoms with E-state index in [0.717, 1.165) is 5.56 Å². The minimum atomic E-state index is -0.668. The van der Waals surface area contributed by atoms with E-state index >= 15 is 0 Å². The Morgan fingerprint density at radius 2 is 1.86 bits per heavy atom. The highest BCUT2D eigenvalue weighted by molar-refractivity contribution is 5.90. The number of hydrogen-bond donors (Lipinski definition) is 3. The van der Waals surface area contributed by atoms with Crippen molar-refractivity contribution >= 4 is 23.2 Å².